The van der Waals surface area contributed by atoms with Crippen LogP contribution in [0.25, 0.3) is 10.2 Å². The molecule has 4 N–H and O–H groups in total. The predicted molar refractivity (Wildman–Crippen MR) is 131 cm³/mol. The second-order valence-corrected chi connectivity index (χ2v) is 10.6. The van der Waals surface area contributed by atoms with Gasteiger partial charge in [-0.1, -0.05) is 0 Å². The molecule has 3 aromatic heterocycles. The van der Waals surface area contributed by atoms with Crippen molar-refractivity contribution in [1.29, 1.82) is 0 Å². The van der Waals surface area contributed by atoms with Crippen molar-refractivity contribution in [3.05, 3.63) is 40.4 Å². The van der Waals surface area contributed by atoms with Crippen LogP contribution in [-0.4, -0.2) is 60.1 Å². The van der Waals surface area contributed by atoms with Gasteiger partial charge in [0.1, 0.15) is 22.1 Å². The molecule has 0 aliphatic carbocycles. The molecule has 0 spiro atoms. The number of ether oxygens (including phenoxy) is 1. The molecule has 4 aliphatic heterocycles. The van der Waals surface area contributed by atoms with E-state index in [1.807, 2.05) is 36.1 Å². The fourth-order valence-corrected chi connectivity index (χ4v) is 6.26. The maximum atomic E-state index is 14.3. The van der Waals surface area contributed by atoms with E-state index in [0.29, 0.717) is 41.8 Å². The summed E-state index contributed by atoms with van der Waals surface area (Å²) in [6.45, 7) is 3.25. The maximum Gasteiger partial charge on any atom is 0.263 e. The van der Waals surface area contributed by atoms with E-state index in [0.717, 1.165) is 21.5 Å². The summed E-state index contributed by atoms with van der Waals surface area (Å²) < 4.78 is 34.6. The van der Waals surface area contributed by atoms with Crippen LogP contribution in [0, 0.1) is 12.8 Å². The molecule has 7 heterocycles. The third-order valence-corrected chi connectivity index (χ3v) is 8.23. The van der Waals surface area contributed by atoms with Crippen LogP contribution in [0.5, 0.6) is 5.88 Å². The van der Waals surface area contributed by atoms with Crippen molar-refractivity contribution < 1.29 is 18.3 Å². The van der Waals surface area contributed by atoms with Gasteiger partial charge in [0.25, 0.3) is 11.8 Å². The van der Waals surface area contributed by atoms with Crippen LogP contribution in [0.2, 0.25) is 0 Å². The highest BCUT2D eigenvalue weighted by Crippen LogP contribution is 2.40. The van der Waals surface area contributed by atoms with Gasteiger partial charge < -0.3 is 26.0 Å². The Labute approximate surface area is 204 Å². The van der Waals surface area contributed by atoms with Crippen molar-refractivity contribution in [2.45, 2.75) is 37.8 Å². The number of aryl methyl sites for hydroxylation is 1. The molecule has 4 aliphatic rings. The summed E-state index contributed by atoms with van der Waals surface area (Å²) in [5.74, 6) is -2.50. The van der Waals surface area contributed by atoms with Crippen molar-refractivity contribution in [2.24, 2.45) is 5.92 Å². The molecular weight excluding hydrogens is 474 g/mol. The summed E-state index contributed by atoms with van der Waals surface area (Å²) in [5, 5.41) is 6.95. The molecule has 3 saturated heterocycles. The Morgan fingerprint density at radius 1 is 1.29 bits per heavy atom. The minimum Gasteiger partial charge on any atom is -0.475 e. The minimum atomic E-state index is -2.66. The molecule has 11 heteroatoms. The van der Waals surface area contributed by atoms with Gasteiger partial charge in [-0.2, -0.15) is 4.98 Å². The van der Waals surface area contributed by atoms with Crippen LogP contribution in [-0.2, 0) is 6.42 Å². The number of alkyl halides is 2. The molecule has 0 saturated carbocycles. The van der Waals surface area contributed by atoms with Crippen LogP contribution < -0.4 is 26.0 Å². The summed E-state index contributed by atoms with van der Waals surface area (Å²) in [5.41, 5.74) is 8.40. The van der Waals surface area contributed by atoms with Gasteiger partial charge in [-0.05, 0) is 31.2 Å². The number of nitrogen functional groups attached to an aromatic ring is 1. The maximum absolute atomic E-state index is 14.3. The van der Waals surface area contributed by atoms with Crippen molar-refractivity contribution >= 4 is 39.0 Å². The zero-order chi connectivity index (χ0) is 24.3. The normalized spacial score (nSPS) is 25.1. The second-order valence-electron chi connectivity index (χ2n) is 9.60. The lowest BCUT2D eigenvalue weighted by Gasteiger charge is -2.41. The lowest BCUT2D eigenvalue weighted by Crippen LogP contribution is -2.52. The number of rotatable bonds is 3. The topological polar surface area (TPSA) is 105 Å². The number of hydrogen-bond acceptors (Lipinski definition) is 8. The largest absolute Gasteiger partial charge is 0.475 e. The number of aromatic nitrogens is 2. The smallest absolute Gasteiger partial charge is 0.263 e. The van der Waals surface area contributed by atoms with Gasteiger partial charge in [0, 0.05) is 55.2 Å². The van der Waals surface area contributed by atoms with E-state index < -0.39 is 11.8 Å². The highest BCUT2D eigenvalue weighted by Gasteiger charge is 2.50. The average molecular weight is 501 g/mol. The van der Waals surface area contributed by atoms with Crippen molar-refractivity contribution in [2.75, 3.05) is 36.9 Å². The lowest BCUT2D eigenvalue weighted by atomic mass is 9.90. The Balaban J connectivity index is 1.16. The van der Waals surface area contributed by atoms with Gasteiger partial charge in [0.15, 0.2) is 0 Å². The SMILES string of the molecule is Cc1ccc2c(N)c(C(=O)N[C@H]3COc4nc(N5CC6CNCC5CC6(F)F)ccc4C3)sc2n1. The highest BCUT2D eigenvalue weighted by molar-refractivity contribution is 7.21. The standard InChI is InChI=1S/C24H26F2N6O2S/c1-12-2-4-17-19(27)20(35-23(17)29-12)21(33)30-15-6-13-3-5-18(31-22(13)34-11-15)32-10-14-8-28-9-16(32)7-24(14,25)26/h2-5,14-16,28H,6-11,27H2,1H3,(H,30,33)/t14?,15-,16?/m1/s1. The molecule has 2 bridgehead atoms. The summed E-state index contributed by atoms with van der Waals surface area (Å²) in [6, 6.07) is 6.99. The first-order chi connectivity index (χ1) is 16.8. The monoisotopic (exact) mass is 500 g/mol. The van der Waals surface area contributed by atoms with Gasteiger partial charge >= 0.3 is 0 Å². The number of thiophene rings is 1. The number of carbonyl (C=O) groups excluding carboxylic acids is 1. The molecule has 7 rings (SSSR count). The first kappa shape index (κ1) is 22.4. The fraction of sp³-hybridized carbons (Fsp3) is 0.458. The molecule has 2 unspecified atom stereocenters. The number of carbonyl (C=O) groups is 1. The van der Waals surface area contributed by atoms with E-state index in [9.17, 15) is 13.6 Å². The summed E-state index contributed by atoms with van der Waals surface area (Å²) >= 11 is 1.28. The Bertz CT molecular complexity index is 1310. The van der Waals surface area contributed by atoms with E-state index in [1.54, 1.807) is 0 Å². The van der Waals surface area contributed by atoms with Gasteiger partial charge in [0.2, 0.25) is 5.88 Å². The Morgan fingerprint density at radius 2 is 2.14 bits per heavy atom. The molecule has 0 radical (unpaired) electrons. The molecule has 184 valence electrons. The molecule has 3 aromatic rings. The van der Waals surface area contributed by atoms with Crippen LogP contribution in [0.15, 0.2) is 24.3 Å². The number of pyridine rings is 2. The molecular formula is C24H26F2N6O2S. The molecule has 3 fully saturated rings. The number of fused-ring (bicyclic) bond motifs is 6. The molecule has 0 aromatic carbocycles. The van der Waals surface area contributed by atoms with E-state index in [1.165, 1.54) is 11.3 Å². The number of piperidine rings is 1. The number of hydrogen-bond donors (Lipinski definition) is 3. The summed E-state index contributed by atoms with van der Waals surface area (Å²) in [4.78, 5) is 25.2. The number of amides is 1. The van der Waals surface area contributed by atoms with E-state index >= 15 is 0 Å². The molecule has 3 atom stereocenters. The first-order valence-corrected chi connectivity index (χ1v) is 12.5. The van der Waals surface area contributed by atoms with Crippen molar-refractivity contribution in [3.63, 3.8) is 0 Å². The number of nitrogens with zero attached hydrogens (tertiary/aromatic N) is 3. The van der Waals surface area contributed by atoms with Gasteiger partial charge in [-0.15, -0.1) is 11.3 Å². The van der Waals surface area contributed by atoms with Crippen LogP contribution >= 0.6 is 11.3 Å². The van der Waals surface area contributed by atoms with Crippen LogP contribution in [0.4, 0.5) is 20.3 Å². The van der Waals surface area contributed by atoms with Gasteiger partial charge in [-0.25, -0.2) is 13.8 Å². The lowest BCUT2D eigenvalue weighted by molar-refractivity contribution is -0.0720. The zero-order valence-electron chi connectivity index (χ0n) is 19.2. The van der Waals surface area contributed by atoms with Gasteiger partial charge in [-0.3, -0.25) is 4.79 Å². The Kier molecular flexibility index (Phi) is 5.29. The predicted octanol–water partition coefficient (Wildman–Crippen LogP) is 2.75. The highest BCUT2D eigenvalue weighted by atomic mass is 32.1. The Hall–Kier alpha value is -3.05. The number of nitrogens with two attached hydrogens (primary N) is 1. The number of anilines is 2. The van der Waals surface area contributed by atoms with E-state index in [-0.39, 0.29) is 37.6 Å². The first-order valence-electron chi connectivity index (χ1n) is 11.7. The fourth-order valence-electron chi connectivity index (χ4n) is 5.22. The number of halogens is 2. The van der Waals surface area contributed by atoms with Crippen molar-refractivity contribution in [1.82, 2.24) is 20.6 Å². The minimum absolute atomic E-state index is 0.172. The van der Waals surface area contributed by atoms with E-state index in [4.69, 9.17) is 10.5 Å². The molecule has 1 amide bonds. The summed E-state index contributed by atoms with van der Waals surface area (Å²) in [6.07, 6.45) is 0.385. The van der Waals surface area contributed by atoms with Gasteiger partial charge in [0.05, 0.1) is 17.6 Å². The van der Waals surface area contributed by atoms with Crippen LogP contribution in [0.3, 0.4) is 0 Å². The second kappa shape index (κ2) is 8.27. The molecule has 8 nitrogen and oxygen atoms in total. The average Bonchev–Trinajstić information content (AvgIpc) is 2.94. The third-order valence-electron chi connectivity index (χ3n) is 7.11. The molecule has 35 heavy (non-hydrogen) atoms. The number of nitrogens with one attached hydrogen (secondary N) is 2. The summed E-state index contributed by atoms with van der Waals surface area (Å²) in [7, 11) is 0. The Morgan fingerprint density at radius 3 is 3.00 bits per heavy atom. The zero-order valence-corrected chi connectivity index (χ0v) is 20.0. The van der Waals surface area contributed by atoms with Crippen LogP contribution in [0.1, 0.15) is 27.3 Å². The third kappa shape index (κ3) is 3.96. The van der Waals surface area contributed by atoms with Crippen molar-refractivity contribution in [3.8, 4) is 5.88 Å². The van der Waals surface area contributed by atoms with E-state index in [2.05, 4.69) is 20.6 Å². The quantitative estimate of drug-likeness (QED) is 0.508.